The van der Waals surface area contributed by atoms with Gasteiger partial charge in [-0.1, -0.05) is 0 Å². The zero-order chi connectivity index (χ0) is 10.1. The Morgan fingerprint density at radius 1 is 1.36 bits per heavy atom. The van der Waals surface area contributed by atoms with Crippen LogP contribution in [0.5, 0.6) is 0 Å². The summed E-state index contributed by atoms with van der Waals surface area (Å²) in [5.74, 6) is -0.210. The van der Waals surface area contributed by atoms with Gasteiger partial charge in [0, 0.05) is 14.3 Å². The average Bonchev–Trinajstić information content (AvgIpc) is 2.61. The number of carbonyl (C=O) groups is 1. The van der Waals surface area contributed by atoms with Gasteiger partial charge in [-0.05, 0) is 26.0 Å². The van der Waals surface area contributed by atoms with E-state index in [0.29, 0.717) is 11.5 Å². The van der Waals surface area contributed by atoms with Crippen LogP contribution in [0.15, 0.2) is 12.1 Å². The number of thiophene rings is 2. The van der Waals surface area contributed by atoms with Crippen LogP contribution >= 0.6 is 22.7 Å². The van der Waals surface area contributed by atoms with Gasteiger partial charge >= 0.3 is 5.97 Å². The zero-order valence-corrected chi connectivity index (χ0v) is 9.63. The Bertz CT molecular complexity index is 436. The number of rotatable bonds is 2. The summed E-state index contributed by atoms with van der Waals surface area (Å²) in [7, 11) is 0. The molecule has 2 nitrogen and oxygen atoms in total. The van der Waals surface area contributed by atoms with Gasteiger partial charge in [0.25, 0.3) is 0 Å². The summed E-state index contributed by atoms with van der Waals surface area (Å²) in [6.07, 6.45) is 0. The minimum atomic E-state index is -0.210. The molecule has 4 heteroatoms. The third kappa shape index (κ3) is 1.67. The van der Waals surface area contributed by atoms with Crippen LogP contribution < -0.4 is 0 Å². The van der Waals surface area contributed by atoms with Crippen LogP contribution in [0.3, 0.4) is 0 Å². The highest BCUT2D eigenvalue weighted by Gasteiger charge is 2.12. The van der Waals surface area contributed by atoms with Crippen LogP contribution in [0.25, 0.3) is 9.40 Å². The quantitative estimate of drug-likeness (QED) is 0.733. The summed E-state index contributed by atoms with van der Waals surface area (Å²) < 4.78 is 7.29. The largest absolute Gasteiger partial charge is 0.462 e. The van der Waals surface area contributed by atoms with Gasteiger partial charge in [0.05, 0.1) is 6.61 Å². The minimum Gasteiger partial charge on any atom is -0.462 e. The molecule has 14 heavy (non-hydrogen) atoms. The SMILES string of the molecule is CCOC(=O)c1cc2sc(C)cc2s1. The molecular weight excluding hydrogens is 216 g/mol. The maximum Gasteiger partial charge on any atom is 0.348 e. The molecule has 0 aliphatic heterocycles. The summed E-state index contributed by atoms with van der Waals surface area (Å²) in [6, 6.07) is 4.02. The fourth-order valence-electron chi connectivity index (χ4n) is 1.26. The van der Waals surface area contributed by atoms with E-state index in [1.807, 2.05) is 13.0 Å². The van der Waals surface area contributed by atoms with Crippen LogP contribution in [0.1, 0.15) is 21.5 Å². The van der Waals surface area contributed by atoms with E-state index in [4.69, 9.17) is 4.74 Å². The van der Waals surface area contributed by atoms with Crippen molar-refractivity contribution in [1.29, 1.82) is 0 Å². The van der Waals surface area contributed by atoms with Crippen molar-refractivity contribution in [2.24, 2.45) is 0 Å². The number of hydrogen-bond acceptors (Lipinski definition) is 4. The molecule has 0 radical (unpaired) electrons. The van der Waals surface area contributed by atoms with Gasteiger partial charge in [0.15, 0.2) is 0 Å². The summed E-state index contributed by atoms with van der Waals surface area (Å²) >= 11 is 3.21. The van der Waals surface area contributed by atoms with Crippen molar-refractivity contribution in [2.45, 2.75) is 13.8 Å². The topological polar surface area (TPSA) is 26.3 Å². The summed E-state index contributed by atoms with van der Waals surface area (Å²) in [6.45, 7) is 4.32. The fourth-order valence-corrected chi connectivity index (χ4v) is 3.47. The normalized spacial score (nSPS) is 10.7. The molecule has 0 fully saturated rings. The Labute approximate surface area is 90.1 Å². The molecule has 2 heterocycles. The van der Waals surface area contributed by atoms with Crippen LogP contribution in [0.2, 0.25) is 0 Å². The Morgan fingerprint density at radius 2 is 2.07 bits per heavy atom. The summed E-state index contributed by atoms with van der Waals surface area (Å²) in [4.78, 5) is 13.4. The number of carbonyl (C=O) groups excluding carboxylic acids is 1. The van der Waals surface area contributed by atoms with Gasteiger partial charge in [-0.15, -0.1) is 22.7 Å². The molecule has 2 aromatic heterocycles. The van der Waals surface area contributed by atoms with Gasteiger partial charge in [0.1, 0.15) is 4.88 Å². The molecule has 0 spiro atoms. The molecule has 0 amide bonds. The fraction of sp³-hybridized carbons (Fsp3) is 0.300. The second-order valence-corrected chi connectivity index (χ2v) is 5.29. The van der Waals surface area contributed by atoms with Crippen molar-refractivity contribution in [3.8, 4) is 0 Å². The maximum atomic E-state index is 11.4. The Hall–Kier alpha value is -0.870. The monoisotopic (exact) mass is 226 g/mol. The lowest BCUT2D eigenvalue weighted by molar-refractivity contribution is 0.0532. The van der Waals surface area contributed by atoms with E-state index in [-0.39, 0.29) is 5.97 Å². The Kier molecular flexibility index (Phi) is 2.56. The molecule has 0 N–H and O–H groups in total. The van der Waals surface area contributed by atoms with E-state index in [1.54, 1.807) is 11.3 Å². The first-order chi connectivity index (χ1) is 6.70. The van der Waals surface area contributed by atoms with Crippen LogP contribution in [-0.4, -0.2) is 12.6 Å². The molecule has 0 unspecified atom stereocenters. The standard InChI is InChI=1S/C10H10O2S2/c1-3-12-10(11)9-5-8-7(14-9)4-6(2)13-8/h4-5H,3H2,1-2H3. The van der Waals surface area contributed by atoms with Gasteiger partial charge in [-0.3, -0.25) is 0 Å². The number of aryl methyl sites for hydroxylation is 1. The smallest absolute Gasteiger partial charge is 0.348 e. The lowest BCUT2D eigenvalue weighted by atomic mass is 10.4. The van der Waals surface area contributed by atoms with E-state index in [0.717, 1.165) is 0 Å². The molecule has 0 aliphatic rings. The highest BCUT2D eigenvalue weighted by atomic mass is 32.1. The number of fused-ring (bicyclic) bond motifs is 1. The van der Waals surface area contributed by atoms with E-state index in [2.05, 4.69) is 13.0 Å². The highest BCUT2D eigenvalue weighted by Crippen LogP contribution is 2.32. The molecule has 0 saturated heterocycles. The first-order valence-electron chi connectivity index (χ1n) is 4.38. The maximum absolute atomic E-state index is 11.4. The predicted octanol–water partition coefficient (Wildman–Crippen LogP) is 3.45. The van der Waals surface area contributed by atoms with Gasteiger partial charge in [0.2, 0.25) is 0 Å². The molecule has 74 valence electrons. The predicted molar refractivity (Wildman–Crippen MR) is 60.4 cm³/mol. The highest BCUT2D eigenvalue weighted by molar-refractivity contribution is 7.28. The first kappa shape index (κ1) is 9.68. The van der Waals surface area contributed by atoms with Crippen molar-refractivity contribution in [1.82, 2.24) is 0 Å². The van der Waals surface area contributed by atoms with Crippen molar-refractivity contribution in [3.05, 3.63) is 21.9 Å². The molecule has 2 rings (SSSR count). The molecular formula is C10H10O2S2. The van der Waals surface area contributed by atoms with E-state index < -0.39 is 0 Å². The van der Waals surface area contributed by atoms with Crippen molar-refractivity contribution >= 4 is 38.0 Å². The average molecular weight is 226 g/mol. The Morgan fingerprint density at radius 3 is 2.71 bits per heavy atom. The van der Waals surface area contributed by atoms with Crippen molar-refractivity contribution < 1.29 is 9.53 Å². The number of ether oxygens (including phenoxy) is 1. The molecule has 0 atom stereocenters. The van der Waals surface area contributed by atoms with Crippen LogP contribution in [0.4, 0.5) is 0 Å². The van der Waals surface area contributed by atoms with Crippen LogP contribution in [-0.2, 0) is 4.74 Å². The third-order valence-corrected chi connectivity index (χ3v) is 4.00. The molecule has 0 aliphatic carbocycles. The van der Waals surface area contributed by atoms with Gasteiger partial charge in [-0.2, -0.15) is 0 Å². The van der Waals surface area contributed by atoms with Gasteiger partial charge < -0.3 is 4.74 Å². The summed E-state index contributed by atoms with van der Waals surface area (Å²) in [5, 5.41) is 0. The Balaban J connectivity index is 2.36. The molecule has 0 bridgehead atoms. The summed E-state index contributed by atoms with van der Waals surface area (Å²) in [5.41, 5.74) is 0. The molecule has 0 saturated carbocycles. The van der Waals surface area contributed by atoms with E-state index >= 15 is 0 Å². The minimum absolute atomic E-state index is 0.210. The lowest BCUT2D eigenvalue weighted by Crippen LogP contribution is -2.01. The second-order valence-electron chi connectivity index (χ2n) is 2.92. The second kappa shape index (κ2) is 3.71. The van der Waals surface area contributed by atoms with E-state index in [9.17, 15) is 4.79 Å². The van der Waals surface area contributed by atoms with Crippen molar-refractivity contribution in [2.75, 3.05) is 6.61 Å². The first-order valence-corrected chi connectivity index (χ1v) is 6.01. The lowest BCUT2D eigenvalue weighted by Gasteiger charge is -1.96. The van der Waals surface area contributed by atoms with E-state index in [1.165, 1.54) is 25.6 Å². The number of hydrogen-bond donors (Lipinski definition) is 0. The third-order valence-electron chi connectivity index (χ3n) is 1.81. The van der Waals surface area contributed by atoms with Gasteiger partial charge in [-0.25, -0.2) is 4.79 Å². The van der Waals surface area contributed by atoms with Crippen LogP contribution in [0, 0.1) is 6.92 Å². The number of esters is 1. The molecule has 2 aromatic rings. The molecule has 0 aromatic carbocycles. The van der Waals surface area contributed by atoms with Crippen molar-refractivity contribution in [3.63, 3.8) is 0 Å². The zero-order valence-electron chi connectivity index (χ0n) is 7.99.